The van der Waals surface area contributed by atoms with Crippen LogP contribution in [0.15, 0.2) is 0 Å². The van der Waals surface area contributed by atoms with Gasteiger partial charge < -0.3 is 20.3 Å². The van der Waals surface area contributed by atoms with E-state index in [1.54, 1.807) is 0 Å². The number of hydrogen-bond donors (Lipinski definition) is 3. The molecule has 3 N–H and O–H groups in total. The molecule has 0 bridgehead atoms. The fourth-order valence-corrected chi connectivity index (χ4v) is 1.75. The lowest BCUT2D eigenvalue weighted by atomic mass is 9.95. The maximum Gasteiger partial charge on any atom is 0.404 e. The van der Waals surface area contributed by atoms with Crippen LogP contribution in [0.5, 0.6) is 0 Å². The average Bonchev–Trinajstić information content (AvgIpc) is 2.17. The van der Waals surface area contributed by atoms with Gasteiger partial charge in [0.05, 0.1) is 12.6 Å². The molecule has 1 unspecified atom stereocenters. The minimum atomic E-state index is -1.08. The van der Waals surface area contributed by atoms with Crippen molar-refractivity contribution in [3.05, 3.63) is 0 Å². The standard InChI is InChI=1S/C9H17NO4/c11-5-8(10-9(12)13)4-7-2-1-3-14-6-7/h7-8,10-11H,1-6H2,(H,12,13)/t7-,8?/m1/s1. The smallest absolute Gasteiger partial charge is 0.404 e. The first-order valence-corrected chi connectivity index (χ1v) is 4.90. The van der Waals surface area contributed by atoms with Crippen molar-refractivity contribution in [2.24, 2.45) is 5.92 Å². The first-order chi connectivity index (χ1) is 6.72. The maximum absolute atomic E-state index is 10.4. The minimum absolute atomic E-state index is 0.150. The van der Waals surface area contributed by atoms with Gasteiger partial charge in [-0.1, -0.05) is 0 Å². The van der Waals surface area contributed by atoms with Gasteiger partial charge in [-0.3, -0.25) is 0 Å². The predicted molar refractivity (Wildman–Crippen MR) is 50.2 cm³/mol. The lowest BCUT2D eigenvalue weighted by Crippen LogP contribution is -2.39. The molecule has 2 atom stereocenters. The summed E-state index contributed by atoms with van der Waals surface area (Å²) in [4.78, 5) is 10.4. The van der Waals surface area contributed by atoms with E-state index in [1.807, 2.05) is 0 Å². The number of hydrogen-bond acceptors (Lipinski definition) is 3. The third-order valence-electron chi connectivity index (χ3n) is 2.42. The second-order valence-corrected chi connectivity index (χ2v) is 3.65. The van der Waals surface area contributed by atoms with Crippen molar-refractivity contribution in [1.29, 1.82) is 0 Å². The van der Waals surface area contributed by atoms with Gasteiger partial charge in [0, 0.05) is 13.2 Å². The molecule has 0 aromatic carbocycles. The lowest BCUT2D eigenvalue weighted by molar-refractivity contribution is 0.0441. The Balaban J connectivity index is 2.27. The van der Waals surface area contributed by atoms with Gasteiger partial charge >= 0.3 is 6.09 Å². The number of aliphatic hydroxyl groups excluding tert-OH is 1. The third-order valence-corrected chi connectivity index (χ3v) is 2.42. The van der Waals surface area contributed by atoms with Gasteiger partial charge in [-0.15, -0.1) is 0 Å². The summed E-state index contributed by atoms with van der Waals surface area (Å²) in [5.41, 5.74) is 0. The van der Waals surface area contributed by atoms with Crippen molar-refractivity contribution >= 4 is 6.09 Å². The largest absolute Gasteiger partial charge is 0.465 e. The minimum Gasteiger partial charge on any atom is -0.465 e. The number of carboxylic acid groups (broad SMARTS) is 1. The molecule has 1 aliphatic rings. The zero-order valence-electron chi connectivity index (χ0n) is 8.11. The highest BCUT2D eigenvalue weighted by Crippen LogP contribution is 2.18. The van der Waals surface area contributed by atoms with Crippen molar-refractivity contribution < 1.29 is 19.7 Å². The molecule has 5 heteroatoms. The first kappa shape index (κ1) is 11.3. The van der Waals surface area contributed by atoms with Crippen molar-refractivity contribution in [2.45, 2.75) is 25.3 Å². The molecule has 1 amide bonds. The number of amides is 1. The molecule has 1 rings (SSSR count). The van der Waals surface area contributed by atoms with Crippen LogP contribution < -0.4 is 5.32 Å². The van der Waals surface area contributed by atoms with E-state index < -0.39 is 6.09 Å². The Labute approximate surface area is 83.1 Å². The fraction of sp³-hybridized carbons (Fsp3) is 0.889. The predicted octanol–water partition coefficient (Wildman–Crippen LogP) is 0.432. The van der Waals surface area contributed by atoms with Gasteiger partial charge in [-0.2, -0.15) is 0 Å². The first-order valence-electron chi connectivity index (χ1n) is 4.90. The van der Waals surface area contributed by atoms with Crippen LogP contribution in [0.25, 0.3) is 0 Å². The molecule has 0 aromatic heterocycles. The Bertz CT molecular complexity index is 180. The Morgan fingerprint density at radius 3 is 2.93 bits per heavy atom. The van der Waals surface area contributed by atoms with Crippen LogP contribution in [0.4, 0.5) is 4.79 Å². The van der Waals surface area contributed by atoms with E-state index in [4.69, 9.17) is 14.9 Å². The highest BCUT2D eigenvalue weighted by Gasteiger charge is 2.19. The Hall–Kier alpha value is -0.810. The zero-order valence-corrected chi connectivity index (χ0v) is 8.11. The molecule has 1 heterocycles. The molecule has 82 valence electrons. The van der Waals surface area contributed by atoms with Crippen LogP contribution in [0.2, 0.25) is 0 Å². The van der Waals surface area contributed by atoms with Gasteiger partial charge in [0.1, 0.15) is 0 Å². The summed E-state index contributed by atoms with van der Waals surface area (Å²) in [5.74, 6) is 0.368. The zero-order chi connectivity index (χ0) is 10.4. The van der Waals surface area contributed by atoms with Crippen molar-refractivity contribution in [3.63, 3.8) is 0 Å². The summed E-state index contributed by atoms with van der Waals surface area (Å²) in [6.45, 7) is 1.33. The second kappa shape index (κ2) is 5.82. The summed E-state index contributed by atoms with van der Waals surface area (Å²) in [6, 6.07) is -0.362. The fourth-order valence-electron chi connectivity index (χ4n) is 1.75. The van der Waals surface area contributed by atoms with Crippen LogP contribution in [-0.4, -0.2) is 42.2 Å². The third kappa shape index (κ3) is 3.93. The van der Waals surface area contributed by atoms with Crippen LogP contribution >= 0.6 is 0 Å². The van der Waals surface area contributed by atoms with Crippen LogP contribution in [0.3, 0.4) is 0 Å². The van der Waals surface area contributed by atoms with Crippen LogP contribution in [0.1, 0.15) is 19.3 Å². The molecule has 1 fully saturated rings. The van der Waals surface area contributed by atoms with E-state index in [2.05, 4.69) is 5.32 Å². The van der Waals surface area contributed by atoms with E-state index in [0.717, 1.165) is 19.4 Å². The van der Waals surface area contributed by atoms with Gasteiger partial charge in [-0.05, 0) is 25.2 Å². The molecular formula is C9H17NO4. The van der Waals surface area contributed by atoms with E-state index in [0.29, 0.717) is 18.9 Å². The SMILES string of the molecule is O=C(O)NC(CO)C[C@H]1CCCOC1. The summed E-state index contributed by atoms with van der Waals surface area (Å²) >= 11 is 0. The molecule has 14 heavy (non-hydrogen) atoms. The van der Waals surface area contributed by atoms with Crippen molar-refractivity contribution in [1.82, 2.24) is 5.32 Å². The lowest BCUT2D eigenvalue weighted by Gasteiger charge is -2.25. The molecule has 1 aliphatic heterocycles. The summed E-state index contributed by atoms with van der Waals surface area (Å²) in [7, 11) is 0. The molecule has 0 radical (unpaired) electrons. The Morgan fingerprint density at radius 1 is 1.64 bits per heavy atom. The van der Waals surface area contributed by atoms with E-state index >= 15 is 0 Å². The molecule has 5 nitrogen and oxygen atoms in total. The van der Waals surface area contributed by atoms with E-state index in [-0.39, 0.29) is 12.6 Å². The van der Waals surface area contributed by atoms with E-state index in [1.165, 1.54) is 0 Å². The molecule has 0 aromatic rings. The van der Waals surface area contributed by atoms with Crippen LogP contribution in [0, 0.1) is 5.92 Å². The summed E-state index contributed by atoms with van der Waals surface area (Å²) in [5, 5.41) is 19.7. The van der Waals surface area contributed by atoms with Crippen molar-refractivity contribution in [2.75, 3.05) is 19.8 Å². The van der Waals surface area contributed by atoms with Gasteiger partial charge in [0.15, 0.2) is 0 Å². The van der Waals surface area contributed by atoms with Crippen molar-refractivity contribution in [3.8, 4) is 0 Å². The van der Waals surface area contributed by atoms with Gasteiger partial charge in [0.2, 0.25) is 0 Å². The molecule has 0 aliphatic carbocycles. The Morgan fingerprint density at radius 2 is 2.43 bits per heavy atom. The highest BCUT2D eigenvalue weighted by molar-refractivity contribution is 5.64. The van der Waals surface area contributed by atoms with E-state index in [9.17, 15) is 4.79 Å². The quantitative estimate of drug-likeness (QED) is 0.619. The number of rotatable bonds is 4. The highest BCUT2D eigenvalue weighted by atomic mass is 16.5. The normalized spacial score (nSPS) is 24.2. The number of carbonyl (C=O) groups is 1. The summed E-state index contributed by atoms with van der Waals surface area (Å²) < 4.78 is 5.28. The molecule has 0 spiro atoms. The number of nitrogens with one attached hydrogen (secondary N) is 1. The monoisotopic (exact) mass is 203 g/mol. The number of aliphatic hydroxyl groups is 1. The average molecular weight is 203 g/mol. The summed E-state index contributed by atoms with van der Waals surface area (Å²) in [6.07, 6.45) is 1.65. The van der Waals surface area contributed by atoms with Crippen LogP contribution in [-0.2, 0) is 4.74 Å². The topological polar surface area (TPSA) is 78.8 Å². The Kier molecular flexibility index (Phi) is 4.69. The molecule has 1 saturated heterocycles. The number of ether oxygens (including phenoxy) is 1. The maximum atomic E-state index is 10.4. The molecule has 0 saturated carbocycles. The van der Waals surface area contributed by atoms with Gasteiger partial charge in [-0.25, -0.2) is 4.79 Å². The van der Waals surface area contributed by atoms with Gasteiger partial charge in [0.25, 0.3) is 0 Å². The molecular weight excluding hydrogens is 186 g/mol. The second-order valence-electron chi connectivity index (χ2n) is 3.65.